The molecule has 1 aromatic carbocycles. The van der Waals surface area contributed by atoms with E-state index in [0.717, 1.165) is 31.2 Å². The summed E-state index contributed by atoms with van der Waals surface area (Å²) in [5, 5.41) is 8.00. The standard InChI is InChI=1S/C21H26FN3O2/c22-18-13-16(6-7-17(18)21-24-23-20(27-21)14-4-5-14)26-11-8-15-12-19(15)25-9-2-1-3-10-25/h6-7,13-15,19H,1-5,8-12H2/t15-,19+/m0/s1. The molecule has 6 heteroatoms. The van der Waals surface area contributed by atoms with Crippen molar-refractivity contribution in [3.05, 3.63) is 29.9 Å². The topological polar surface area (TPSA) is 51.4 Å². The zero-order valence-electron chi connectivity index (χ0n) is 15.6. The van der Waals surface area contributed by atoms with Crippen LogP contribution in [0.1, 0.15) is 56.8 Å². The first-order chi connectivity index (χ1) is 13.3. The molecule has 2 atom stereocenters. The Morgan fingerprint density at radius 1 is 1.15 bits per heavy atom. The van der Waals surface area contributed by atoms with Gasteiger partial charge >= 0.3 is 0 Å². The van der Waals surface area contributed by atoms with Crippen LogP contribution < -0.4 is 4.74 Å². The molecule has 0 spiro atoms. The lowest BCUT2D eigenvalue weighted by atomic mass is 10.1. The summed E-state index contributed by atoms with van der Waals surface area (Å²) in [4.78, 5) is 2.64. The van der Waals surface area contributed by atoms with Gasteiger partial charge in [0.05, 0.1) is 12.2 Å². The largest absolute Gasteiger partial charge is 0.493 e. The minimum atomic E-state index is -0.379. The van der Waals surface area contributed by atoms with E-state index in [4.69, 9.17) is 9.15 Å². The molecule has 0 unspecified atom stereocenters. The molecule has 3 fully saturated rings. The Labute approximate surface area is 158 Å². The number of likely N-dealkylation sites (tertiary alicyclic amines) is 1. The highest BCUT2D eigenvalue weighted by Crippen LogP contribution is 2.41. The van der Waals surface area contributed by atoms with E-state index in [1.165, 1.54) is 44.8 Å². The molecule has 2 aromatic rings. The van der Waals surface area contributed by atoms with Crippen LogP contribution in [0.25, 0.3) is 11.5 Å². The van der Waals surface area contributed by atoms with E-state index in [-0.39, 0.29) is 11.7 Å². The molecule has 0 amide bonds. The summed E-state index contributed by atoms with van der Waals surface area (Å²) in [6.45, 7) is 3.15. The number of ether oxygens (including phenoxy) is 1. The predicted octanol–water partition coefficient (Wildman–Crippen LogP) is 4.40. The number of aromatic nitrogens is 2. The molecule has 1 saturated heterocycles. The van der Waals surface area contributed by atoms with Gasteiger partial charge in [0, 0.05) is 18.0 Å². The van der Waals surface area contributed by atoms with Crippen LogP contribution in [0.2, 0.25) is 0 Å². The van der Waals surface area contributed by atoms with Crippen LogP contribution >= 0.6 is 0 Å². The Morgan fingerprint density at radius 2 is 2.00 bits per heavy atom. The van der Waals surface area contributed by atoms with Crippen LogP contribution in [0.3, 0.4) is 0 Å². The third kappa shape index (κ3) is 3.86. The van der Waals surface area contributed by atoms with E-state index in [2.05, 4.69) is 15.1 Å². The fourth-order valence-corrected chi connectivity index (χ4v) is 4.16. The second-order valence-electron chi connectivity index (χ2n) is 8.16. The van der Waals surface area contributed by atoms with Crippen molar-refractivity contribution >= 4 is 0 Å². The summed E-state index contributed by atoms with van der Waals surface area (Å²) in [5.41, 5.74) is 0.342. The van der Waals surface area contributed by atoms with Crippen molar-refractivity contribution in [1.82, 2.24) is 15.1 Å². The third-order valence-electron chi connectivity index (χ3n) is 6.04. The van der Waals surface area contributed by atoms with Crippen LogP contribution in [0.5, 0.6) is 5.75 Å². The molecule has 0 N–H and O–H groups in total. The molecule has 1 aliphatic heterocycles. The Bertz CT molecular complexity index is 798. The van der Waals surface area contributed by atoms with Gasteiger partial charge in [-0.3, -0.25) is 0 Å². The molecule has 3 aliphatic rings. The lowest BCUT2D eigenvalue weighted by molar-refractivity contribution is 0.203. The van der Waals surface area contributed by atoms with E-state index in [9.17, 15) is 4.39 Å². The van der Waals surface area contributed by atoms with E-state index in [1.54, 1.807) is 12.1 Å². The zero-order chi connectivity index (χ0) is 18.2. The number of rotatable bonds is 7. The minimum Gasteiger partial charge on any atom is -0.493 e. The van der Waals surface area contributed by atoms with Crippen LogP contribution in [-0.4, -0.2) is 40.8 Å². The van der Waals surface area contributed by atoms with Crippen molar-refractivity contribution in [3.63, 3.8) is 0 Å². The number of hydrogen-bond acceptors (Lipinski definition) is 5. The van der Waals surface area contributed by atoms with Gasteiger partial charge in [-0.2, -0.15) is 0 Å². The first-order valence-electron chi connectivity index (χ1n) is 10.3. The molecule has 5 nitrogen and oxygen atoms in total. The van der Waals surface area contributed by atoms with Gasteiger partial charge in [0.2, 0.25) is 5.89 Å². The van der Waals surface area contributed by atoms with Crippen molar-refractivity contribution in [2.75, 3.05) is 19.7 Å². The second kappa shape index (κ2) is 7.23. The van der Waals surface area contributed by atoms with Crippen molar-refractivity contribution < 1.29 is 13.5 Å². The molecule has 27 heavy (non-hydrogen) atoms. The molecule has 5 rings (SSSR count). The molecule has 1 aromatic heterocycles. The third-order valence-corrected chi connectivity index (χ3v) is 6.04. The maximum Gasteiger partial charge on any atom is 0.250 e. The average Bonchev–Trinajstić information content (AvgIpc) is 3.62. The van der Waals surface area contributed by atoms with Gasteiger partial charge in [-0.1, -0.05) is 6.42 Å². The van der Waals surface area contributed by atoms with E-state index >= 15 is 0 Å². The molecule has 2 aliphatic carbocycles. The SMILES string of the molecule is Fc1cc(OCC[C@H]2C[C@H]2N2CCCCC2)ccc1-c1nnc(C2CC2)o1. The first-order valence-corrected chi connectivity index (χ1v) is 10.3. The summed E-state index contributed by atoms with van der Waals surface area (Å²) in [5.74, 6) is 2.17. The number of piperidine rings is 1. The molecular weight excluding hydrogens is 345 g/mol. The van der Waals surface area contributed by atoms with Crippen LogP contribution in [0, 0.1) is 11.7 Å². The summed E-state index contributed by atoms with van der Waals surface area (Å²) in [6.07, 6.45) is 8.55. The molecule has 2 heterocycles. The highest BCUT2D eigenvalue weighted by molar-refractivity contribution is 5.55. The summed E-state index contributed by atoms with van der Waals surface area (Å²) in [7, 11) is 0. The van der Waals surface area contributed by atoms with Gasteiger partial charge in [-0.15, -0.1) is 10.2 Å². The zero-order valence-corrected chi connectivity index (χ0v) is 15.6. The average molecular weight is 371 g/mol. The van der Waals surface area contributed by atoms with Gasteiger partial charge < -0.3 is 14.1 Å². The fraction of sp³-hybridized carbons (Fsp3) is 0.619. The van der Waals surface area contributed by atoms with Gasteiger partial charge in [-0.05, 0) is 69.7 Å². The van der Waals surface area contributed by atoms with Gasteiger partial charge in [0.15, 0.2) is 0 Å². The molecule has 0 bridgehead atoms. The first kappa shape index (κ1) is 17.2. The van der Waals surface area contributed by atoms with Crippen molar-refractivity contribution in [2.45, 2.75) is 56.9 Å². The summed E-state index contributed by atoms with van der Waals surface area (Å²) in [6, 6.07) is 5.63. The van der Waals surface area contributed by atoms with Gasteiger partial charge in [0.25, 0.3) is 5.89 Å². The van der Waals surface area contributed by atoms with Crippen molar-refractivity contribution in [3.8, 4) is 17.2 Å². The normalized spacial score (nSPS) is 25.5. The van der Waals surface area contributed by atoms with Crippen LogP contribution in [0.15, 0.2) is 22.6 Å². The maximum absolute atomic E-state index is 14.5. The number of nitrogens with zero attached hydrogens (tertiary/aromatic N) is 3. The maximum atomic E-state index is 14.5. The quantitative estimate of drug-likeness (QED) is 0.722. The van der Waals surface area contributed by atoms with E-state index < -0.39 is 0 Å². The monoisotopic (exact) mass is 371 g/mol. The molecular formula is C21H26FN3O2. The Kier molecular flexibility index (Phi) is 4.60. The molecule has 0 radical (unpaired) electrons. The fourth-order valence-electron chi connectivity index (χ4n) is 4.16. The highest BCUT2D eigenvalue weighted by Gasteiger charge is 2.41. The Balaban J connectivity index is 1.13. The predicted molar refractivity (Wildman–Crippen MR) is 99.1 cm³/mol. The van der Waals surface area contributed by atoms with Crippen LogP contribution in [-0.2, 0) is 0 Å². The lowest BCUT2D eigenvalue weighted by Gasteiger charge is -2.26. The molecule has 2 saturated carbocycles. The Hall–Kier alpha value is -1.95. The summed E-state index contributed by atoms with van der Waals surface area (Å²) < 4.78 is 25.8. The Morgan fingerprint density at radius 3 is 2.78 bits per heavy atom. The molecule has 144 valence electrons. The van der Waals surface area contributed by atoms with Crippen molar-refractivity contribution in [2.24, 2.45) is 5.92 Å². The minimum absolute atomic E-state index is 0.253. The van der Waals surface area contributed by atoms with Crippen LogP contribution in [0.4, 0.5) is 4.39 Å². The number of hydrogen-bond donors (Lipinski definition) is 0. The summed E-state index contributed by atoms with van der Waals surface area (Å²) >= 11 is 0. The number of benzene rings is 1. The highest BCUT2D eigenvalue weighted by atomic mass is 19.1. The smallest absolute Gasteiger partial charge is 0.250 e. The van der Waals surface area contributed by atoms with E-state index in [1.807, 2.05) is 0 Å². The van der Waals surface area contributed by atoms with Gasteiger partial charge in [-0.25, -0.2) is 4.39 Å². The number of halogens is 1. The van der Waals surface area contributed by atoms with Gasteiger partial charge in [0.1, 0.15) is 11.6 Å². The van der Waals surface area contributed by atoms with Crippen molar-refractivity contribution in [1.29, 1.82) is 0 Å². The second-order valence-corrected chi connectivity index (χ2v) is 8.16. The van der Waals surface area contributed by atoms with E-state index in [0.29, 0.717) is 29.7 Å². The lowest BCUT2D eigenvalue weighted by Crippen LogP contribution is -2.32.